The van der Waals surface area contributed by atoms with Crippen molar-refractivity contribution in [2.75, 3.05) is 0 Å². The first-order valence-electron chi connectivity index (χ1n) is 9.43. The SMILES string of the molecule is Cc1ccncc1.O=C([N-]c1ccccc1[N-]C(=O)c1ccccn1)c1ccccn1.[Co+2]. The van der Waals surface area contributed by atoms with E-state index in [9.17, 15) is 9.59 Å². The number of hydrogen-bond donors (Lipinski definition) is 0. The molecule has 8 heteroatoms. The molecule has 0 saturated carbocycles. The van der Waals surface area contributed by atoms with Gasteiger partial charge in [-0.2, -0.15) is 0 Å². The summed E-state index contributed by atoms with van der Waals surface area (Å²) >= 11 is 0. The van der Waals surface area contributed by atoms with Gasteiger partial charge in [-0.1, -0.05) is 36.4 Å². The van der Waals surface area contributed by atoms with E-state index in [-0.39, 0.29) is 28.2 Å². The van der Waals surface area contributed by atoms with E-state index in [1.54, 1.807) is 73.1 Å². The van der Waals surface area contributed by atoms with Crippen LogP contribution in [0.25, 0.3) is 10.6 Å². The second-order valence-corrected chi connectivity index (χ2v) is 6.28. The van der Waals surface area contributed by atoms with E-state index in [4.69, 9.17) is 0 Å². The molecule has 32 heavy (non-hydrogen) atoms. The van der Waals surface area contributed by atoms with E-state index in [0.29, 0.717) is 11.4 Å². The number of aryl methyl sites for hydroxylation is 1. The summed E-state index contributed by atoms with van der Waals surface area (Å²) in [6.07, 6.45) is 6.61. The minimum Gasteiger partial charge on any atom is -0.622 e. The average molecular weight is 468 g/mol. The van der Waals surface area contributed by atoms with Gasteiger partial charge in [-0.25, -0.2) is 0 Å². The first-order valence-corrected chi connectivity index (χ1v) is 9.43. The van der Waals surface area contributed by atoms with Crippen LogP contribution in [-0.4, -0.2) is 26.8 Å². The number of para-hydroxylation sites is 2. The van der Waals surface area contributed by atoms with Crippen molar-refractivity contribution in [2.45, 2.75) is 6.92 Å². The summed E-state index contributed by atoms with van der Waals surface area (Å²) < 4.78 is 0. The molecule has 0 aliphatic rings. The van der Waals surface area contributed by atoms with Crippen LogP contribution in [0.3, 0.4) is 0 Å². The summed E-state index contributed by atoms with van der Waals surface area (Å²) in [5.74, 6) is -0.993. The van der Waals surface area contributed by atoms with Crippen molar-refractivity contribution in [3.05, 3.63) is 125 Å². The van der Waals surface area contributed by atoms with Gasteiger partial charge in [0, 0.05) is 24.8 Å². The molecule has 2 amide bonds. The standard InChI is InChI=1S/C18H14N4O2.C6H7N.Co/c23-17(15-9-3-5-11-19-15)21-13-7-1-2-8-14(13)22-18(24)16-10-4-6-12-20-16;1-6-2-4-7-5-3-6;/h1-12H,(H2,19,20,21,22,23,24);2-5H,1H3;/q;;+2/p-2. The molecule has 0 saturated heterocycles. The molecule has 161 valence electrons. The van der Waals surface area contributed by atoms with Crippen LogP contribution < -0.4 is 0 Å². The van der Waals surface area contributed by atoms with Gasteiger partial charge in [-0.05, 0) is 48.9 Å². The van der Waals surface area contributed by atoms with Gasteiger partial charge in [-0.3, -0.25) is 15.0 Å². The number of nitrogens with zero attached hydrogens (tertiary/aromatic N) is 5. The molecule has 0 bridgehead atoms. The van der Waals surface area contributed by atoms with Crippen molar-refractivity contribution in [3.8, 4) is 0 Å². The van der Waals surface area contributed by atoms with Gasteiger partial charge in [0.25, 0.3) is 0 Å². The third-order valence-corrected chi connectivity index (χ3v) is 3.94. The minimum absolute atomic E-state index is 0. The summed E-state index contributed by atoms with van der Waals surface area (Å²) in [4.78, 5) is 36.1. The minimum atomic E-state index is -0.497. The van der Waals surface area contributed by atoms with Crippen molar-refractivity contribution in [1.29, 1.82) is 0 Å². The van der Waals surface area contributed by atoms with Gasteiger partial charge in [-0.15, -0.1) is 11.4 Å². The zero-order valence-electron chi connectivity index (χ0n) is 17.1. The molecule has 0 fully saturated rings. The van der Waals surface area contributed by atoms with E-state index < -0.39 is 11.8 Å². The maximum Gasteiger partial charge on any atom is 2.00 e. The number of rotatable bonds is 4. The Kier molecular flexibility index (Phi) is 9.70. The summed E-state index contributed by atoms with van der Waals surface area (Å²) in [7, 11) is 0. The number of carbonyl (C=O) groups is 2. The zero-order chi connectivity index (χ0) is 21.9. The molecule has 7 nitrogen and oxygen atoms in total. The topological polar surface area (TPSA) is 101 Å². The van der Waals surface area contributed by atoms with Crippen molar-refractivity contribution >= 4 is 23.2 Å². The molecule has 1 radical (unpaired) electrons. The Morgan fingerprint density at radius 1 is 0.625 bits per heavy atom. The smallest absolute Gasteiger partial charge is 0.622 e. The van der Waals surface area contributed by atoms with Gasteiger partial charge < -0.3 is 20.2 Å². The summed E-state index contributed by atoms with van der Waals surface area (Å²) in [6.45, 7) is 2.04. The Morgan fingerprint density at radius 3 is 1.41 bits per heavy atom. The van der Waals surface area contributed by atoms with E-state index >= 15 is 0 Å². The maximum absolute atomic E-state index is 12.2. The summed E-state index contributed by atoms with van der Waals surface area (Å²) in [5.41, 5.74) is 2.32. The molecule has 0 spiro atoms. The van der Waals surface area contributed by atoms with E-state index in [2.05, 4.69) is 25.6 Å². The number of hydrogen-bond acceptors (Lipinski definition) is 5. The molecule has 0 atom stereocenters. The van der Waals surface area contributed by atoms with Crippen molar-refractivity contribution in [1.82, 2.24) is 15.0 Å². The number of pyridine rings is 3. The molecule has 0 aliphatic carbocycles. The largest absolute Gasteiger partial charge is 2.00 e. The number of carbonyl (C=O) groups excluding carboxylic acids is 2. The van der Waals surface area contributed by atoms with Crippen LogP contribution in [0.2, 0.25) is 0 Å². The van der Waals surface area contributed by atoms with Gasteiger partial charge in [0.15, 0.2) is 0 Å². The molecule has 3 heterocycles. The van der Waals surface area contributed by atoms with E-state index in [1.807, 2.05) is 19.1 Å². The number of aromatic nitrogens is 3. The molecular weight excluding hydrogens is 449 g/mol. The van der Waals surface area contributed by atoms with Gasteiger partial charge in [0.1, 0.15) is 11.8 Å². The molecule has 1 aromatic carbocycles. The second kappa shape index (κ2) is 12.7. The number of benzene rings is 1. The van der Waals surface area contributed by atoms with Gasteiger partial charge in [0.2, 0.25) is 0 Å². The zero-order valence-corrected chi connectivity index (χ0v) is 18.2. The molecule has 3 aromatic heterocycles. The quantitative estimate of drug-likeness (QED) is 0.391. The molecule has 0 aliphatic heterocycles. The van der Waals surface area contributed by atoms with Crippen LogP contribution >= 0.6 is 0 Å². The predicted octanol–water partition coefficient (Wildman–Crippen LogP) is 5.56. The Bertz CT molecular complexity index is 1050. The molecule has 4 aromatic rings. The Hall–Kier alpha value is -3.88. The van der Waals surface area contributed by atoms with Gasteiger partial charge >= 0.3 is 16.8 Å². The van der Waals surface area contributed by atoms with Crippen LogP contribution in [0.4, 0.5) is 11.4 Å². The third kappa shape index (κ3) is 7.42. The fourth-order valence-corrected chi connectivity index (χ4v) is 2.39. The van der Waals surface area contributed by atoms with Crippen LogP contribution in [0.5, 0.6) is 0 Å². The predicted molar refractivity (Wildman–Crippen MR) is 119 cm³/mol. The second-order valence-electron chi connectivity index (χ2n) is 6.28. The molecule has 0 N–H and O–H groups in total. The Labute approximate surface area is 196 Å². The van der Waals surface area contributed by atoms with Crippen LogP contribution in [0.15, 0.2) is 97.6 Å². The maximum atomic E-state index is 12.2. The summed E-state index contributed by atoms with van der Waals surface area (Å²) in [5, 5.41) is 8.02. The van der Waals surface area contributed by atoms with Crippen molar-refractivity contribution in [2.24, 2.45) is 0 Å². The third-order valence-electron chi connectivity index (χ3n) is 3.94. The van der Waals surface area contributed by atoms with Crippen LogP contribution in [0.1, 0.15) is 26.5 Å². The fraction of sp³-hybridized carbons (Fsp3) is 0.0417. The molecule has 0 unspecified atom stereocenters. The molecular formula is C24H19CoN5O2. The summed E-state index contributed by atoms with van der Waals surface area (Å²) in [6, 6.07) is 20.6. The van der Waals surface area contributed by atoms with Gasteiger partial charge in [0.05, 0.1) is 11.4 Å². The normalized spacial score (nSPS) is 9.41. The fourth-order valence-electron chi connectivity index (χ4n) is 2.39. The van der Waals surface area contributed by atoms with Crippen molar-refractivity contribution < 1.29 is 26.4 Å². The Balaban J connectivity index is 0.000000388. The Morgan fingerprint density at radius 2 is 1.06 bits per heavy atom. The van der Waals surface area contributed by atoms with Crippen molar-refractivity contribution in [3.63, 3.8) is 0 Å². The van der Waals surface area contributed by atoms with E-state index in [1.165, 1.54) is 18.0 Å². The monoisotopic (exact) mass is 468 g/mol. The first-order chi connectivity index (χ1) is 15.1. The van der Waals surface area contributed by atoms with Crippen LogP contribution in [-0.2, 0) is 16.8 Å². The van der Waals surface area contributed by atoms with E-state index in [0.717, 1.165) is 0 Å². The average Bonchev–Trinajstić information content (AvgIpc) is 2.82. The number of amides is 2. The first kappa shape index (κ1) is 24.4. The van der Waals surface area contributed by atoms with Crippen LogP contribution in [0, 0.1) is 6.92 Å². The molecule has 4 rings (SSSR count).